The van der Waals surface area contributed by atoms with E-state index in [9.17, 15) is 4.79 Å². The van der Waals surface area contributed by atoms with Crippen LogP contribution in [0.2, 0.25) is 0 Å². The van der Waals surface area contributed by atoms with Gasteiger partial charge in [0.15, 0.2) is 0 Å². The highest BCUT2D eigenvalue weighted by atomic mass is 16.3. The first-order valence-electron chi connectivity index (χ1n) is 6.69. The molecule has 0 saturated carbocycles. The molecular formula is C18H11NO2. The second kappa shape index (κ2) is 4.56. The number of fused-ring (bicyclic) bond motifs is 3. The summed E-state index contributed by atoms with van der Waals surface area (Å²) in [6, 6.07) is 19.3. The summed E-state index contributed by atoms with van der Waals surface area (Å²) in [7, 11) is 0. The van der Waals surface area contributed by atoms with Gasteiger partial charge in [0.25, 0.3) is 0 Å². The zero-order valence-electron chi connectivity index (χ0n) is 11.1. The van der Waals surface area contributed by atoms with Crippen LogP contribution in [0.25, 0.3) is 33.3 Å². The van der Waals surface area contributed by atoms with Crippen molar-refractivity contribution in [2.75, 3.05) is 0 Å². The molecule has 3 heteroatoms. The van der Waals surface area contributed by atoms with Crippen molar-refractivity contribution in [3.05, 3.63) is 66.2 Å². The van der Waals surface area contributed by atoms with Gasteiger partial charge in [-0.1, -0.05) is 30.3 Å². The van der Waals surface area contributed by atoms with Crippen molar-refractivity contribution >= 4 is 28.4 Å². The molecule has 3 nitrogen and oxygen atoms in total. The van der Waals surface area contributed by atoms with Crippen LogP contribution < -0.4 is 0 Å². The molecule has 0 aliphatic carbocycles. The Balaban J connectivity index is 1.97. The number of rotatable bonds is 2. The lowest BCUT2D eigenvalue weighted by molar-refractivity contribution is 0.112. The molecule has 0 saturated heterocycles. The molecule has 0 unspecified atom stereocenters. The number of hydrogen-bond donors (Lipinski definition) is 0. The maximum absolute atomic E-state index is 10.9. The monoisotopic (exact) mass is 273 g/mol. The van der Waals surface area contributed by atoms with E-state index in [1.54, 1.807) is 6.07 Å². The Morgan fingerprint density at radius 2 is 1.76 bits per heavy atom. The summed E-state index contributed by atoms with van der Waals surface area (Å²) in [5.41, 5.74) is 3.89. The molecule has 0 atom stereocenters. The molecule has 0 aliphatic heterocycles. The average Bonchev–Trinajstić information content (AvgIpc) is 2.92. The Morgan fingerprint density at radius 1 is 0.905 bits per heavy atom. The summed E-state index contributed by atoms with van der Waals surface area (Å²) in [5.74, 6) is 0. The molecule has 21 heavy (non-hydrogen) atoms. The molecule has 0 radical (unpaired) electrons. The number of pyridine rings is 1. The molecule has 2 heterocycles. The van der Waals surface area contributed by atoms with Crippen molar-refractivity contribution in [2.24, 2.45) is 0 Å². The van der Waals surface area contributed by atoms with Crippen LogP contribution in [0.3, 0.4) is 0 Å². The summed E-state index contributed by atoms with van der Waals surface area (Å²) in [4.78, 5) is 15.5. The highest BCUT2D eigenvalue weighted by molar-refractivity contribution is 6.05. The number of aromatic nitrogens is 1. The number of carbonyl (C=O) groups excluding carboxylic acids is 1. The van der Waals surface area contributed by atoms with Crippen LogP contribution in [-0.4, -0.2) is 11.3 Å². The average molecular weight is 273 g/mol. The van der Waals surface area contributed by atoms with Crippen LogP contribution in [0.5, 0.6) is 0 Å². The van der Waals surface area contributed by atoms with E-state index >= 15 is 0 Å². The minimum Gasteiger partial charge on any atom is -0.438 e. The van der Waals surface area contributed by atoms with E-state index in [2.05, 4.69) is 4.98 Å². The van der Waals surface area contributed by atoms with Crippen molar-refractivity contribution in [3.63, 3.8) is 0 Å². The minimum atomic E-state index is 0.592. The number of carbonyl (C=O) groups is 1. The van der Waals surface area contributed by atoms with Gasteiger partial charge in [-0.25, -0.2) is 4.98 Å². The lowest BCUT2D eigenvalue weighted by Gasteiger charge is -1.99. The number of hydrogen-bond acceptors (Lipinski definition) is 3. The predicted octanol–water partition coefficient (Wildman–Crippen LogP) is 4.46. The zero-order chi connectivity index (χ0) is 14.2. The molecule has 0 amide bonds. The standard InChI is InChI=1S/C18H11NO2/c20-11-12-6-9-17-15(10-12)14-7-8-16(19-18(14)21-17)13-4-2-1-3-5-13/h1-11H. The summed E-state index contributed by atoms with van der Waals surface area (Å²) in [6.45, 7) is 0. The smallest absolute Gasteiger partial charge is 0.227 e. The first-order chi connectivity index (χ1) is 10.3. The van der Waals surface area contributed by atoms with Gasteiger partial charge in [-0.2, -0.15) is 0 Å². The van der Waals surface area contributed by atoms with Crippen molar-refractivity contribution < 1.29 is 9.21 Å². The molecule has 2 aromatic carbocycles. The molecule has 2 aromatic heterocycles. The molecule has 4 rings (SSSR count). The van der Waals surface area contributed by atoms with Gasteiger partial charge in [-0.15, -0.1) is 0 Å². The molecule has 0 N–H and O–H groups in total. The lowest BCUT2D eigenvalue weighted by atomic mass is 10.1. The first-order valence-corrected chi connectivity index (χ1v) is 6.69. The van der Waals surface area contributed by atoms with Gasteiger partial charge in [0.05, 0.1) is 5.69 Å². The predicted molar refractivity (Wildman–Crippen MR) is 82.3 cm³/mol. The Morgan fingerprint density at radius 3 is 2.57 bits per heavy atom. The van der Waals surface area contributed by atoms with E-state index in [1.807, 2.05) is 54.6 Å². The Bertz CT molecular complexity index is 955. The maximum Gasteiger partial charge on any atom is 0.227 e. The third kappa shape index (κ3) is 1.91. The second-order valence-electron chi connectivity index (χ2n) is 4.89. The second-order valence-corrected chi connectivity index (χ2v) is 4.89. The normalized spacial score (nSPS) is 11.0. The van der Waals surface area contributed by atoms with Crippen LogP contribution in [0.1, 0.15) is 10.4 Å². The fourth-order valence-electron chi connectivity index (χ4n) is 2.52. The van der Waals surface area contributed by atoms with Crippen molar-refractivity contribution in [3.8, 4) is 11.3 Å². The van der Waals surface area contributed by atoms with Crippen LogP contribution in [-0.2, 0) is 0 Å². The van der Waals surface area contributed by atoms with Gasteiger partial charge in [0, 0.05) is 21.9 Å². The summed E-state index contributed by atoms with van der Waals surface area (Å²) < 4.78 is 5.79. The Hall–Kier alpha value is -2.94. The van der Waals surface area contributed by atoms with E-state index in [0.29, 0.717) is 11.3 Å². The summed E-state index contributed by atoms with van der Waals surface area (Å²) in [6.07, 6.45) is 0.837. The zero-order valence-corrected chi connectivity index (χ0v) is 11.1. The molecule has 0 fully saturated rings. The third-order valence-electron chi connectivity index (χ3n) is 3.57. The van der Waals surface area contributed by atoms with Gasteiger partial charge in [0.2, 0.25) is 5.71 Å². The summed E-state index contributed by atoms with van der Waals surface area (Å²) >= 11 is 0. The van der Waals surface area contributed by atoms with Gasteiger partial charge >= 0.3 is 0 Å². The van der Waals surface area contributed by atoms with Crippen molar-refractivity contribution in [2.45, 2.75) is 0 Å². The van der Waals surface area contributed by atoms with Gasteiger partial charge in [-0.3, -0.25) is 4.79 Å². The minimum absolute atomic E-state index is 0.592. The van der Waals surface area contributed by atoms with Gasteiger partial charge < -0.3 is 4.42 Å². The fourth-order valence-corrected chi connectivity index (χ4v) is 2.52. The molecule has 0 bridgehead atoms. The topological polar surface area (TPSA) is 43.1 Å². The van der Waals surface area contributed by atoms with E-state index in [1.165, 1.54) is 0 Å². The number of nitrogens with zero attached hydrogens (tertiary/aromatic N) is 1. The molecular weight excluding hydrogens is 262 g/mol. The molecule has 100 valence electrons. The first kappa shape index (κ1) is 11.9. The number of benzene rings is 2. The van der Waals surface area contributed by atoms with E-state index in [0.717, 1.165) is 33.9 Å². The highest BCUT2D eigenvalue weighted by Gasteiger charge is 2.10. The molecule has 4 aromatic rings. The van der Waals surface area contributed by atoms with Crippen molar-refractivity contribution in [1.29, 1.82) is 0 Å². The van der Waals surface area contributed by atoms with Crippen LogP contribution >= 0.6 is 0 Å². The Labute approximate surface area is 120 Å². The maximum atomic E-state index is 10.9. The fraction of sp³-hybridized carbons (Fsp3) is 0. The third-order valence-corrected chi connectivity index (χ3v) is 3.57. The SMILES string of the molecule is O=Cc1ccc2oc3nc(-c4ccccc4)ccc3c2c1. The number of aldehydes is 1. The Kier molecular flexibility index (Phi) is 2.57. The summed E-state index contributed by atoms with van der Waals surface area (Å²) in [5, 5.41) is 1.84. The largest absolute Gasteiger partial charge is 0.438 e. The van der Waals surface area contributed by atoms with E-state index in [4.69, 9.17) is 4.42 Å². The van der Waals surface area contributed by atoms with Crippen LogP contribution in [0.4, 0.5) is 0 Å². The van der Waals surface area contributed by atoms with E-state index in [-0.39, 0.29) is 0 Å². The van der Waals surface area contributed by atoms with Crippen LogP contribution in [0, 0.1) is 0 Å². The molecule has 0 aliphatic rings. The van der Waals surface area contributed by atoms with Crippen molar-refractivity contribution in [1.82, 2.24) is 4.98 Å². The number of furan rings is 1. The van der Waals surface area contributed by atoms with Gasteiger partial charge in [-0.05, 0) is 30.3 Å². The molecule has 0 spiro atoms. The highest BCUT2D eigenvalue weighted by Crippen LogP contribution is 2.30. The quantitative estimate of drug-likeness (QED) is 0.506. The van der Waals surface area contributed by atoms with Crippen LogP contribution in [0.15, 0.2) is 65.1 Å². The lowest BCUT2D eigenvalue weighted by Crippen LogP contribution is -1.82. The van der Waals surface area contributed by atoms with E-state index < -0.39 is 0 Å². The van der Waals surface area contributed by atoms with Gasteiger partial charge in [0.1, 0.15) is 11.9 Å².